The van der Waals surface area contributed by atoms with E-state index in [4.69, 9.17) is 26.1 Å². The van der Waals surface area contributed by atoms with Gasteiger partial charge in [-0.05, 0) is 63.5 Å². The van der Waals surface area contributed by atoms with Crippen LogP contribution in [0.4, 0.5) is 5.69 Å². The molecule has 10 heteroatoms. The summed E-state index contributed by atoms with van der Waals surface area (Å²) in [6.45, 7) is 20.8. The zero-order chi connectivity index (χ0) is 29.0. The predicted molar refractivity (Wildman–Crippen MR) is 151 cm³/mol. The maximum Gasteiger partial charge on any atom is 0.331 e. The van der Waals surface area contributed by atoms with E-state index in [0.717, 1.165) is 35.8 Å². The number of fused-ring (bicyclic) bond motifs is 1. The largest absolute Gasteiger partial charge is 0.459 e. The lowest BCUT2D eigenvalue weighted by Crippen LogP contribution is -2.37. The van der Waals surface area contributed by atoms with Gasteiger partial charge in [0.2, 0.25) is 5.69 Å². The Morgan fingerprint density at radius 3 is 2.45 bits per heavy atom. The summed E-state index contributed by atoms with van der Waals surface area (Å²) < 4.78 is 7.79. The van der Waals surface area contributed by atoms with E-state index in [9.17, 15) is 9.59 Å². The van der Waals surface area contributed by atoms with Crippen molar-refractivity contribution in [1.29, 1.82) is 0 Å². The molecule has 1 saturated carbocycles. The molecule has 3 aromatic rings. The third kappa shape index (κ3) is 6.28. The Morgan fingerprint density at radius 1 is 1.18 bits per heavy atom. The summed E-state index contributed by atoms with van der Waals surface area (Å²) in [6.07, 6.45) is 2.47. The van der Waals surface area contributed by atoms with Crippen LogP contribution in [0.5, 0.6) is 0 Å². The molecular weight excluding hydrogens is 510 g/mol. The molecule has 2 unspecified atom stereocenters. The molecular formula is C30H39N5O5. The molecule has 0 bridgehead atoms. The van der Waals surface area contributed by atoms with Crippen LogP contribution in [0.2, 0.25) is 0 Å². The number of benzene rings is 1. The van der Waals surface area contributed by atoms with Gasteiger partial charge in [-0.3, -0.25) is 14.5 Å². The van der Waals surface area contributed by atoms with E-state index >= 15 is 0 Å². The molecule has 1 aliphatic rings. The van der Waals surface area contributed by atoms with E-state index in [1.165, 1.54) is 0 Å². The Kier molecular flexibility index (Phi) is 9.40. The number of rotatable bonds is 11. The van der Waals surface area contributed by atoms with E-state index in [-0.39, 0.29) is 49.0 Å². The number of aldehydes is 1. The first-order chi connectivity index (χ1) is 19.2. The fourth-order valence-corrected chi connectivity index (χ4v) is 6.04. The molecule has 40 heavy (non-hydrogen) atoms. The third-order valence-electron chi connectivity index (χ3n) is 7.52. The molecule has 0 aliphatic heterocycles. The molecule has 1 N–H and O–H groups in total. The molecule has 2 heterocycles. The number of nitrogens with zero attached hydrogens (tertiary/aromatic N) is 4. The second kappa shape index (κ2) is 12.8. The Bertz CT molecular complexity index is 1370. The van der Waals surface area contributed by atoms with Gasteiger partial charge in [-0.15, -0.1) is 0 Å². The van der Waals surface area contributed by atoms with Crippen molar-refractivity contribution in [2.45, 2.75) is 67.0 Å². The van der Waals surface area contributed by atoms with E-state index in [1.54, 1.807) is 16.3 Å². The van der Waals surface area contributed by atoms with Gasteiger partial charge in [-0.25, -0.2) is 24.4 Å². The lowest BCUT2D eigenvalue weighted by atomic mass is 9.75. The number of aryl methyl sites for hydroxylation is 2. The summed E-state index contributed by atoms with van der Waals surface area (Å²) >= 11 is 0. The first-order valence-corrected chi connectivity index (χ1v) is 13.9. The number of esters is 1. The number of hydrogen-bond donors (Lipinski definition) is 1. The summed E-state index contributed by atoms with van der Waals surface area (Å²) in [5.41, 5.74) is 4.11. The molecule has 0 spiro atoms. The minimum absolute atomic E-state index is 0.00436. The highest BCUT2D eigenvalue weighted by atomic mass is 17.2. The number of aromatic amines is 1. The highest BCUT2D eigenvalue weighted by molar-refractivity contribution is 6.04. The molecule has 0 amide bonds. The zero-order valence-electron chi connectivity index (χ0n) is 24.2. The van der Waals surface area contributed by atoms with Gasteiger partial charge in [0.05, 0.1) is 25.4 Å². The smallest absolute Gasteiger partial charge is 0.331 e. The molecule has 10 nitrogen and oxygen atoms in total. The molecule has 2 aromatic heterocycles. The number of nitrogens with one attached hydrogen (secondary N) is 1. The van der Waals surface area contributed by atoms with Gasteiger partial charge in [0.15, 0.2) is 11.5 Å². The minimum Gasteiger partial charge on any atom is -0.459 e. The van der Waals surface area contributed by atoms with E-state index < -0.39 is 5.97 Å². The van der Waals surface area contributed by atoms with Gasteiger partial charge in [0.25, 0.3) is 0 Å². The molecule has 1 aromatic carbocycles. The average molecular weight is 550 g/mol. The predicted octanol–water partition coefficient (Wildman–Crippen LogP) is 5.65. The monoisotopic (exact) mass is 549 g/mol. The molecule has 0 saturated heterocycles. The van der Waals surface area contributed by atoms with Crippen molar-refractivity contribution in [2.24, 2.45) is 17.8 Å². The Morgan fingerprint density at radius 2 is 1.85 bits per heavy atom. The summed E-state index contributed by atoms with van der Waals surface area (Å²) in [5, 5.41) is 3.29. The summed E-state index contributed by atoms with van der Waals surface area (Å²) in [6, 6.07) is 6.10. The number of carbonyl (C=O) groups excluding carboxylic acids is 2. The van der Waals surface area contributed by atoms with Crippen molar-refractivity contribution in [3.8, 4) is 11.4 Å². The first kappa shape index (κ1) is 29.5. The van der Waals surface area contributed by atoms with Gasteiger partial charge in [0, 0.05) is 12.1 Å². The molecule has 1 fully saturated rings. The van der Waals surface area contributed by atoms with Crippen molar-refractivity contribution in [3.63, 3.8) is 0 Å². The number of H-pyrrole nitrogens is 1. The van der Waals surface area contributed by atoms with E-state index in [1.807, 2.05) is 26.0 Å². The van der Waals surface area contributed by atoms with E-state index in [0.29, 0.717) is 29.7 Å². The highest BCUT2D eigenvalue weighted by Gasteiger charge is 2.37. The quantitative estimate of drug-likeness (QED) is 0.0627. The number of hydrogen-bond acceptors (Lipinski definition) is 7. The first-order valence-electron chi connectivity index (χ1n) is 13.9. The van der Waals surface area contributed by atoms with Gasteiger partial charge in [-0.2, -0.15) is 0 Å². The third-order valence-corrected chi connectivity index (χ3v) is 7.52. The van der Waals surface area contributed by atoms with Crippen molar-refractivity contribution in [3.05, 3.63) is 52.0 Å². The van der Waals surface area contributed by atoms with Crippen LogP contribution in [-0.2, 0) is 25.9 Å². The Balaban J connectivity index is 1.80. The Labute approximate surface area is 235 Å². The fourth-order valence-electron chi connectivity index (χ4n) is 6.04. The molecule has 1 aliphatic carbocycles. The van der Waals surface area contributed by atoms with Crippen LogP contribution in [0.3, 0.4) is 0 Å². The highest BCUT2D eigenvalue weighted by Crippen LogP contribution is 2.38. The van der Waals surface area contributed by atoms with Crippen molar-refractivity contribution in [2.75, 3.05) is 19.9 Å². The van der Waals surface area contributed by atoms with Gasteiger partial charge in [-0.1, -0.05) is 38.0 Å². The van der Waals surface area contributed by atoms with Crippen LogP contribution >= 0.6 is 0 Å². The molecule has 2 atom stereocenters. The molecule has 214 valence electrons. The van der Waals surface area contributed by atoms with Crippen LogP contribution in [0, 0.1) is 38.2 Å². The minimum atomic E-state index is -0.557. The van der Waals surface area contributed by atoms with Gasteiger partial charge < -0.3 is 9.53 Å². The van der Waals surface area contributed by atoms with Crippen molar-refractivity contribution >= 4 is 23.6 Å². The second-order valence-electron chi connectivity index (χ2n) is 11.1. The standard InChI is InChI=1S/C30H39N5O5/c1-8-38-39-17-34(9-10-36)16-24-26(31-7)25(30(37)40-27-21(5)12-20(4)13-22(27)6)29-32-28(33-35(24)29)23-14-18(2)11-19(3)15-23/h10-11,14-15,20-22,27H,8-9,12-13,16-17H2,1-6H3,(H,32,33). The lowest BCUT2D eigenvalue weighted by molar-refractivity contribution is -0.312. The van der Waals surface area contributed by atoms with Crippen LogP contribution in [0.15, 0.2) is 18.2 Å². The number of ether oxygens (including phenoxy) is 1. The van der Waals surface area contributed by atoms with Crippen LogP contribution in [0.1, 0.15) is 67.7 Å². The summed E-state index contributed by atoms with van der Waals surface area (Å²) in [4.78, 5) is 45.7. The number of aromatic nitrogens is 3. The van der Waals surface area contributed by atoms with Crippen LogP contribution in [0.25, 0.3) is 21.9 Å². The second-order valence-corrected chi connectivity index (χ2v) is 11.1. The topological polar surface area (TPSA) is 103 Å². The van der Waals surface area contributed by atoms with E-state index in [2.05, 4.69) is 36.8 Å². The molecule has 4 rings (SSSR count). The van der Waals surface area contributed by atoms with Crippen molar-refractivity contribution < 1.29 is 24.1 Å². The SMILES string of the molecule is [C-]#[N+]c1c(C(=O)OC2C(C)CC(C)CC2C)c2nc(-c3cc(C)cc(C)c3)[nH]n2c1CN(CC=O)COOCC. The van der Waals surface area contributed by atoms with Gasteiger partial charge in [0.1, 0.15) is 24.7 Å². The van der Waals surface area contributed by atoms with Gasteiger partial charge >= 0.3 is 5.97 Å². The normalized spacial score (nSPS) is 21.1. The lowest BCUT2D eigenvalue weighted by Gasteiger charge is -2.37. The Hall–Kier alpha value is -3.52. The maximum atomic E-state index is 13.8. The average Bonchev–Trinajstić information content (AvgIpc) is 3.43. The zero-order valence-corrected chi connectivity index (χ0v) is 24.2. The summed E-state index contributed by atoms with van der Waals surface area (Å²) in [7, 11) is 0. The number of carbonyl (C=O) groups is 2. The van der Waals surface area contributed by atoms with Crippen molar-refractivity contribution in [1.82, 2.24) is 19.5 Å². The maximum absolute atomic E-state index is 13.8. The van der Waals surface area contributed by atoms with Crippen LogP contribution < -0.4 is 0 Å². The fraction of sp³-hybridized carbons (Fsp3) is 0.533. The summed E-state index contributed by atoms with van der Waals surface area (Å²) in [5.74, 6) is 0.996. The van der Waals surface area contributed by atoms with Crippen LogP contribution in [-0.4, -0.2) is 57.7 Å². The molecule has 0 radical (unpaired) electrons.